The molecule has 7 heteroatoms. The van der Waals surface area contributed by atoms with E-state index in [0.29, 0.717) is 0 Å². The van der Waals surface area contributed by atoms with Crippen molar-refractivity contribution >= 4 is 21.6 Å². The molecule has 2 rings (SSSR count). The van der Waals surface area contributed by atoms with Crippen LogP contribution in [0.25, 0.3) is 0 Å². The first-order valence-electron chi connectivity index (χ1n) is 5.96. The van der Waals surface area contributed by atoms with E-state index < -0.39 is 4.92 Å². The Morgan fingerprint density at radius 1 is 1.45 bits per heavy atom. The van der Waals surface area contributed by atoms with E-state index in [2.05, 4.69) is 21.0 Å². The average molecular weight is 340 g/mol. The maximum absolute atomic E-state index is 11.0. The second-order valence-electron chi connectivity index (χ2n) is 4.49. The standard InChI is InChI=1S/C13H14BrN3O3/c1-8-4-5-12(10(6-8)17(18)19)20-7-11-13(14)9(2)15-16(11)3/h4-6H,7H2,1-3H3. The number of aryl methyl sites for hydroxylation is 3. The quantitative estimate of drug-likeness (QED) is 0.633. The highest BCUT2D eigenvalue weighted by Gasteiger charge is 2.17. The summed E-state index contributed by atoms with van der Waals surface area (Å²) in [5.41, 5.74) is 2.48. The van der Waals surface area contributed by atoms with E-state index in [1.165, 1.54) is 6.07 Å². The van der Waals surface area contributed by atoms with Gasteiger partial charge in [0.05, 0.1) is 20.8 Å². The number of nitro groups is 1. The molecule has 0 radical (unpaired) electrons. The van der Waals surface area contributed by atoms with Gasteiger partial charge in [-0.25, -0.2) is 0 Å². The van der Waals surface area contributed by atoms with Gasteiger partial charge in [0.1, 0.15) is 6.61 Å². The number of hydrogen-bond acceptors (Lipinski definition) is 4. The van der Waals surface area contributed by atoms with Gasteiger partial charge in [-0.2, -0.15) is 5.10 Å². The van der Waals surface area contributed by atoms with E-state index in [0.717, 1.165) is 21.4 Å². The number of nitro benzene ring substituents is 1. The number of rotatable bonds is 4. The van der Waals surface area contributed by atoms with Crippen LogP contribution in [0.4, 0.5) is 5.69 Å². The van der Waals surface area contributed by atoms with Crippen molar-refractivity contribution in [1.29, 1.82) is 0 Å². The Morgan fingerprint density at radius 2 is 2.15 bits per heavy atom. The predicted octanol–water partition coefficient (Wildman–Crippen LogP) is 3.29. The third-order valence-corrected chi connectivity index (χ3v) is 3.97. The molecule has 6 nitrogen and oxygen atoms in total. The van der Waals surface area contributed by atoms with Gasteiger partial charge in [0, 0.05) is 13.1 Å². The zero-order chi connectivity index (χ0) is 14.9. The average Bonchev–Trinajstić information content (AvgIpc) is 2.62. The lowest BCUT2D eigenvalue weighted by atomic mass is 10.2. The SMILES string of the molecule is Cc1ccc(OCc2c(Br)c(C)nn2C)c([N+](=O)[O-])c1. The third kappa shape index (κ3) is 2.82. The first-order valence-corrected chi connectivity index (χ1v) is 6.75. The third-order valence-electron chi connectivity index (χ3n) is 2.94. The van der Waals surface area contributed by atoms with Crippen LogP contribution in [0.15, 0.2) is 22.7 Å². The van der Waals surface area contributed by atoms with Crippen molar-refractivity contribution in [1.82, 2.24) is 9.78 Å². The van der Waals surface area contributed by atoms with E-state index in [1.807, 2.05) is 6.92 Å². The molecule has 0 saturated heterocycles. The highest BCUT2D eigenvalue weighted by molar-refractivity contribution is 9.10. The molecule has 0 spiro atoms. The van der Waals surface area contributed by atoms with Gasteiger partial charge in [0.15, 0.2) is 5.75 Å². The first-order chi connectivity index (χ1) is 9.40. The smallest absolute Gasteiger partial charge is 0.311 e. The second-order valence-corrected chi connectivity index (χ2v) is 5.28. The molecular formula is C13H14BrN3O3. The molecule has 0 fully saturated rings. The predicted molar refractivity (Wildman–Crippen MR) is 77.8 cm³/mol. The van der Waals surface area contributed by atoms with Crippen LogP contribution in [0.5, 0.6) is 5.75 Å². The molecule has 0 N–H and O–H groups in total. The fraction of sp³-hybridized carbons (Fsp3) is 0.308. The molecule has 0 saturated carbocycles. The van der Waals surface area contributed by atoms with E-state index in [-0.39, 0.29) is 18.0 Å². The molecule has 0 atom stereocenters. The molecular weight excluding hydrogens is 326 g/mol. The van der Waals surface area contributed by atoms with Gasteiger partial charge in [-0.1, -0.05) is 6.07 Å². The van der Waals surface area contributed by atoms with Crippen LogP contribution in [0.3, 0.4) is 0 Å². The minimum absolute atomic E-state index is 0.0278. The first kappa shape index (κ1) is 14.5. The maximum atomic E-state index is 11.0. The molecule has 20 heavy (non-hydrogen) atoms. The van der Waals surface area contributed by atoms with Gasteiger partial charge >= 0.3 is 5.69 Å². The van der Waals surface area contributed by atoms with Crippen molar-refractivity contribution in [3.05, 3.63) is 49.7 Å². The maximum Gasteiger partial charge on any atom is 0.311 e. The van der Waals surface area contributed by atoms with E-state index in [9.17, 15) is 10.1 Å². The number of nitrogens with zero attached hydrogens (tertiary/aromatic N) is 3. The van der Waals surface area contributed by atoms with Crippen molar-refractivity contribution < 1.29 is 9.66 Å². The van der Waals surface area contributed by atoms with Gasteiger partial charge in [0.2, 0.25) is 0 Å². The number of hydrogen-bond donors (Lipinski definition) is 0. The molecule has 106 valence electrons. The van der Waals surface area contributed by atoms with Crippen LogP contribution >= 0.6 is 15.9 Å². The van der Waals surface area contributed by atoms with Gasteiger partial charge in [-0.15, -0.1) is 0 Å². The lowest BCUT2D eigenvalue weighted by Gasteiger charge is -2.08. The normalized spacial score (nSPS) is 10.6. The summed E-state index contributed by atoms with van der Waals surface area (Å²) >= 11 is 3.44. The summed E-state index contributed by atoms with van der Waals surface area (Å²) in [5.74, 6) is 0.256. The summed E-state index contributed by atoms with van der Waals surface area (Å²) in [5, 5.41) is 15.3. The Hall–Kier alpha value is -1.89. The number of halogens is 1. The topological polar surface area (TPSA) is 70.2 Å². The number of aromatic nitrogens is 2. The van der Waals surface area contributed by atoms with Gasteiger partial charge < -0.3 is 4.74 Å². The summed E-state index contributed by atoms with van der Waals surface area (Å²) in [6, 6.07) is 4.90. The highest BCUT2D eigenvalue weighted by Crippen LogP contribution is 2.29. The minimum atomic E-state index is -0.439. The Kier molecular flexibility index (Phi) is 4.08. The fourth-order valence-electron chi connectivity index (χ4n) is 1.88. The van der Waals surface area contributed by atoms with E-state index >= 15 is 0 Å². The Bertz CT molecular complexity index is 667. The van der Waals surface area contributed by atoms with Crippen molar-refractivity contribution in [3.8, 4) is 5.75 Å². The Labute approximate surface area is 124 Å². The fourth-order valence-corrected chi connectivity index (χ4v) is 2.33. The second kappa shape index (κ2) is 5.62. The summed E-state index contributed by atoms with van der Waals surface area (Å²) in [6.07, 6.45) is 0. The zero-order valence-corrected chi connectivity index (χ0v) is 13.0. The summed E-state index contributed by atoms with van der Waals surface area (Å²) in [6.45, 7) is 3.89. The van der Waals surface area contributed by atoms with Gasteiger partial charge in [-0.3, -0.25) is 14.8 Å². The van der Waals surface area contributed by atoms with E-state index in [1.54, 1.807) is 30.8 Å². The molecule has 0 amide bonds. The number of ether oxygens (including phenoxy) is 1. The molecule has 0 aliphatic carbocycles. The number of benzene rings is 1. The van der Waals surface area contributed by atoms with Crippen LogP contribution in [0, 0.1) is 24.0 Å². The molecule has 2 aromatic rings. The van der Waals surface area contributed by atoms with Crippen molar-refractivity contribution in [2.24, 2.45) is 7.05 Å². The van der Waals surface area contributed by atoms with Crippen LogP contribution in [0.2, 0.25) is 0 Å². The molecule has 0 bridgehead atoms. The summed E-state index contributed by atoms with van der Waals surface area (Å²) in [4.78, 5) is 10.6. The van der Waals surface area contributed by atoms with Crippen LogP contribution < -0.4 is 4.74 Å². The molecule has 1 aromatic heterocycles. The van der Waals surface area contributed by atoms with Crippen molar-refractivity contribution in [2.45, 2.75) is 20.5 Å². The zero-order valence-electron chi connectivity index (χ0n) is 11.4. The van der Waals surface area contributed by atoms with Gasteiger partial charge in [-0.05, 0) is 41.4 Å². The molecule has 1 heterocycles. The van der Waals surface area contributed by atoms with Crippen LogP contribution in [0.1, 0.15) is 17.0 Å². The van der Waals surface area contributed by atoms with Crippen LogP contribution in [-0.4, -0.2) is 14.7 Å². The van der Waals surface area contributed by atoms with Gasteiger partial charge in [0.25, 0.3) is 0 Å². The monoisotopic (exact) mass is 339 g/mol. The van der Waals surface area contributed by atoms with Crippen molar-refractivity contribution in [3.63, 3.8) is 0 Å². The minimum Gasteiger partial charge on any atom is -0.480 e. The molecule has 1 aromatic carbocycles. The van der Waals surface area contributed by atoms with E-state index in [4.69, 9.17) is 4.74 Å². The highest BCUT2D eigenvalue weighted by atomic mass is 79.9. The van der Waals surface area contributed by atoms with Crippen LogP contribution in [-0.2, 0) is 13.7 Å². The summed E-state index contributed by atoms with van der Waals surface area (Å²) < 4.78 is 8.13. The molecule has 0 unspecified atom stereocenters. The molecule has 0 aliphatic heterocycles. The van der Waals surface area contributed by atoms with Crippen molar-refractivity contribution in [2.75, 3.05) is 0 Å². The largest absolute Gasteiger partial charge is 0.480 e. The Balaban J connectivity index is 2.25. The lowest BCUT2D eigenvalue weighted by Crippen LogP contribution is -2.05. The lowest BCUT2D eigenvalue weighted by molar-refractivity contribution is -0.386. The Morgan fingerprint density at radius 3 is 2.70 bits per heavy atom. The summed E-state index contributed by atoms with van der Waals surface area (Å²) in [7, 11) is 1.81. The molecule has 0 aliphatic rings.